The number of carbonyl (C=O) groups is 2. The number of ether oxygens (including phenoxy) is 2. The van der Waals surface area contributed by atoms with Gasteiger partial charge in [0.2, 0.25) is 0 Å². The maximum atomic E-state index is 12.5. The van der Waals surface area contributed by atoms with E-state index < -0.39 is 27.0 Å². The summed E-state index contributed by atoms with van der Waals surface area (Å²) >= 11 is 0. The molecule has 0 spiro atoms. The number of benzene rings is 1. The van der Waals surface area contributed by atoms with Crippen molar-refractivity contribution in [2.24, 2.45) is 0 Å². The van der Waals surface area contributed by atoms with Gasteiger partial charge >= 0.3 is 49.7 Å². The molecule has 2 atom stereocenters. The molecule has 1 N–H and O–H groups in total. The molecule has 29 heavy (non-hydrogen) atoms. The molecule has 1 rings (SSSR count). The van der Waals surface area contributed by atoms with Crippen LogP contribution in [0.15, 0.2) is 23.1 Å². The second-order valence-corrected chi connectivity index (χ2v) is 8.09. The quantitative estimate of drug-likeness (QED) is 0.308. The molecule has 1 aromatic rings. The molecule has 7 nitrogen and oxygen atoms in total. The summed E-state index contributed by atoms with van der Waals surface area (Å²) in [6.45, 7) is 7.68. The van der Waals surface area contributed by atoms with Gasteiger partial charge in [-0.15, -0.1) is 0 Å². The van der Waals surface area contributed by atoms with E-state index >= 15 is 0 Å². The molecule has 0 fully saturated rings. The van der Waals surface area contributed by atoms with Gasteiger partial charge in [0.15, 0.2) is 0 Å². The molecular weight excluding hydrogens is 424 g/mol. The zero-order valence-electron chi connectivity index (χ0n) is 16.9. The average Bonchev–Trinajstić information content (AvgIpc) is 2.65. The van der Waals surface area contributed by atoms with E-state index in [4.69, 9.17) is 9.47 Å². The molecular formula is C20H32CaO7S. The monoisotopic (exact) mass is 456 g/mol. The first-order valence-corrected chi connectivity index (χ1v) is 11.1. The van der Waals surface area contributed by atoms with Crippen molar-refractivity contribution in [3.8, 4) is 0 Å². The van der Waals surface area contributed by atoms with Gasteiger partial charge in [-0.05, 0) is 43.9 Å². The van der Waals surface area contributed by atoms with Crippen LogP contribution in [0.5, 0.6) is 0 Å². The van der Waals surface area contributed by atoms with Crippen molar-refractivity contribution in [3.05, 3.63) is 29.3 Å². The van der Waals surface area contributed by atoms with Gasteiger partial charge in [0, 0.05) is 0 Å². The average molecular weight is 457 g/mol. The Morgan fingerprint density at radius 2 is 1.24 bits per heavy atom. The van der Waals surface area contributed by atoms with E-state index in [0.717, 1.165) is 25.0 Å². The standard InChI is InChI=1S/C20H30O7S.Ca.2H/c1-5-9-16(7-3)26-19(21)14-11-15(13-18(12-14)28(23,24)25)20(22)27-17(8-4)10-6-2;;;/h11-13,16-17H,5-10H2,1-4H3,(H,23,24,25);;;. The second kappa shape index (κ2) is 13.6. The summed E-state index contributed by atoms with van der Waals surface area (Å²) in [7, 11) is -4.62. The van der Waals surface area contributed by atoms with Crippen LogP contribution in [-0.2, 0) is 19.6 Å². The number of rotatable bonds is 11. The van der Waals surface area contributed by atoms with E-state index in [9.17, 15) is 22.6 Å². The summed E-state index contributed by atoms with van der Waals surface area (Å²) in [5, 5.41) is 0. The van der Waals surface area contributed by atoms with E-state index in [0.29, 0.717) is 25.7 Å². The predicted molar refractivity (Wildman–Crippen MR) is 114 cm³/mol. The van der Waals surface area contributed by atoms with Gasteiger partial charge in [0.05, 0.1) is 16.0 Å². The summed E-state index contributed by atoms with van der Waals surface area (Å²) in [5.41, 5.74) is -0.250. The van der Waals surface area contributed by atoms with Crippen molar-refractivity contribution in [1.29, 1.82) is 0 Å². The molecule has 0 saturated carbocycles. The van der Waals surface area contributed by atoms with Crippen LogP contribution in [0, 0.1) is 0 Å². The molecule has 0 saturated heterocycles. The summed E-state index contributed by atoms with van der Waals surface area (Å²) in [4.78, 5) is 24.4. The topological polar surface area (TPSA) is 107 Å². The third kappa shape index (κ3) is 9.34. The Bertz CT molecular complexity index is 731. The molecule has 2 unspecified atom stereocenters. The van der Waals surface area contributed by atoms with Crippen LogP contribution in [0.3, 0.4) is 0 Å². The van der Waals surface area contributed by atoms with Crippen LogP contribution >= 0.6 is 0 Å². The van der Waals surface area contributed by atoms with Crippen molar-refractivity contribution in [2.75, 3.05) is 0 Å². The van der Waals surface area contributed by atoms with Gasteiger partial charge in [0.25, 0.3) is 10.1 Å². The summed E-state index contributed by atoms with van der Waals surface area (Å²) < 4.78 is 43.4. The van der Waals surface area contributed by atoms with E-state index in [-0.39, 0.29) is 61.1 Å². The summed E-state index contributed by atoms with van der Waals surface area (Å²) in [6.07, 6.45) is 3.60. The first-order chi connectivity index (χ1) is 13.2. The Kier molecular flexibility index (Phi) is 13.3. The molecule has 9 heteroatoms. The van der Waals surface area contributed by atoms with Gasteiger partial charge in [0.1, 0.15) is 12.2 Å². The van der Waals surface area contributed by atoms with E-state index in [1.165, 1.54) is 6.07 Å². The normalized spacial score (nSPS) is 13.1. The van der Waals surface area contributed by atoms with Gasteiger partial charge in [-0.25, -0.2) is 9.59 Å². The van der Waals surface area contributed by atoms with Crippen LogP contribution in [-0.4, -0.2) is 74.9 Å². The van der Waals surface area contributed by atoms with Gasteiger partial charge < -0.3 is 9.47 Å². The molecule has 1 aromatic carbocycles. The molecule has 0 radical (unpaired) electrons. The summed E-state index contributed by atoms with van der Waals surface area (Å²) in [5.74, 6) is -1.50. The van der Waals surface area contributed by atoms with Crippen molar-refractivity contribution >= 4 is 59.8 Å². The molecule has 0 heterocycles. The zero-order valence-corrected chi connectivity index (χ0v) is 17.8. The Morgan fingerprint density at radius 3 is 1.52 bits per heavy atom. The van der Waals surface area contributed by atoms with E-state index in [1.807, 2.05) is 27.7 Å². The Labute approximate surface area is 203 Å². The SMILES string of the molecule is CCCC(CC)OC(=O)c1cc(C(=O)OC(CC)CCC)cc(S(=O)(=O)O)c1.[CaH2]. The molecule has 0 aromatic heterocycles. The van der Waals surface area contributed by atoms with Gasteiger partial charge in [-0.1, -0.05) is 40.5 Å². The molecule has 0 aliphatic rings. The molecule has 0 amide bonds. The Morgan fingerprint density at radius 1 is 0.862 bits per heavy atom. The molecule has 162 valence electrons. The van der Waals surface area contributed by atoms with Crippen LogP contribution < -0.4 is 0 Å². The van der Waals surface area contributed by atoms with Crippen molar-refractivity contribution in [2.45, 2.75) is 83.3 Å². The minimum absolute atomic E-state index is 0. The maximum absolute atomic E-state index is 12.5. The van der Waals surface area contributed by atoms with Crippen molar-refractivity contribution in [3.63, 3.8) is 0 Å². The first kappa shape index (κ1) is 28.3. The number of hydrogen-bond acceptors (Lipinski definition) is 6. The second-order valence-electron chi connectivity index (χ2n) is 6.67. The third-order valence-electron chi connectivity index (χ3n) is 4.36. The van der Waals surface area contributed by atoms with E-state index in [1.54, 1.807) is 0 Å². The Balaban J connectivity index is 0.00000784. The fourth-order valence-corrected chi connectivity index (χ4v) is 3.31. The third-order valence-corrected chi connectivity index (χ3v) is 5.19. The van der Waals surface area contributed by atoms with E-state index in [2.05, 4.69) is 0 Å². The van der Waals surface area contributed by atoms with Crippen molar-refractivity contribution in [1.82, 2.24) is 0 Å². The first-order valence-electron chi connectivity index (χ1n) is 9.70. The molecule has 0 aliphatic carbocycles. The van der Waals surface area contributed by atoms with Crippen LogP contribution in [0.1, 0.15) is 86.9 Å². The van der Waals surface area contributed by atoms with Crippen molar-refractivity contribution < 1.29 is 32.0 Å². The zero-order chi connectivity index (χ0) is 21.3. The number of carbonyl (C=O) groups excluding carboxylic acids is 2. The predicted octanol–water partition coefficient (Wildman–Crippen LogP) is 3.49. The Hall–Kier alpha value is -0.670. The van der Waals surface area contributed by atoms with Crippen LogP contribution in [0.4, 0.5) is 0 Å². The number of esters is 2. The molecule has 0 bridgehead atoms. The van der Waals surface area contributed by atoms with Gasteiger partial charge in [-0.2, -0.15) is 8.42 Å². The minimum atomic E-state index is -4.62. The summed E-state index contributed by atoms with van der Waals surface area (Å²) in [6, 6.07) is 3.23. The van der Waals surface area contributed by atoms with Crippen LogP contribution in [0.2, 0.25) is 0 Å². The number of hydrogen-bond donors (Lipinski definition) is 1. The fourth-order valence-electron chi connectivity index (χ4n) is 2.76. The van der Waals surface area contributed by atoms with Gasteiger partial charge in [-0.3, -0.25) is 4.55 Å². The fraction of sp³-hybridized carbons (Fsp3) is 0.600. The molecule has 0 aliphatic heterocycles. The van der Waals surface area contributed by atoms with Crippen LogP contribution in [0.25, 0.3) is 0 Å².